The van der Waals surface area contributed by atoms with Crippen molar-refractivity contribution in [3.8, 4) is 5.75 Å². The predicted molar refractivity (Wildman–Crippen MR) is 116 cm³/mol. The first-order valence-corrected chi connectivity index (χ1v) is 11.2. The van der Waals surface area contributed by atoms with Crippen LogP contribution in [-0.2, 0) is 16.1 Å². The summed E-state index contributed by atoms with van der Waals surface area (Å²) in [6.07, 6.45) is 4.35. The minimum Gasteiger partial charge on any atom is -0.492 e. The van der Waals surface area contributed by atoms with E-state index in [4.69, 9.17) is 9.47 Å². The third-order valence-electron chi connectivity index (χ3n) is 6.47. The summed E-state index contributed by atoms with van der Waals surface area (Å²) >= 11 is 0. The third kappa shape index (κ3) is 7.00. The molecule has 0 radical (unpaired) electrons. The molecule has 2 aliphatic rings. The Morgan fingerprint density at radius 3 is 2.59 bits per heavy atom. The molecule has 1 saturated heterocycles. The molecule has 1 aliphatic heterocycles. The summed E-state index contributed by atoms with van der Waals surface area (Å²) in [5, 5.41) is 3.14. The van der Waals surface area contributed by atoms with Gasteiger partial charge < -0.3 is 14.8 Å². The number of carbonyl (C=O) groups is 1. The van der Waals surface area contributed by atoms with Crippen LogP contribution >= 0.6 is 0 Å². The van der Waals surface area contributed by atoms with Crippen LogP contribution < -0.4 is 10.1 Å². The maximum atomic E-state index is 12.6. The molecule has 2 fully saturated rings. The average Bonchev–Trinajstić information content (AvgIpc) is 2.72. The second kappa shape index (κ2) is 10.4. The molecule has 29 heavy (non-hydrogen) atoms. The Bertz CT molecular complexity index is 642. The topological polar surface area (TPSA) is 50.8 Å². The van der Waals surface area contributed by atoms with E-state index in [1.165, 1.54) is 0 Å². The number of amides is 1. The summed E-state index contributed by atoms with van der Waals surface area (Å²) in [7, 11) is 0. The van der Waals surface area contributed by atoms with Gasteiger partial charge in [0.05, 0.1) is 13.2 Å². The average molecular weight is 403 g/mol. The van der Waals surface area contributed by atoms with Crippen LogP contribution in [0.1, 0.15) is 52.0 Å². The highest BCUT2D eigenvalue weighted by atomic mass is 16.5. The highest BCUT2D eigenvalue weighted by Gasteiger charge is 2.32. The van der Waals surface area contributed by atoms with E-state index < -0.39 is 0 Å². The van der Waals surface area contributed by atoms with Gasteiger partial charge in [-0.3, -0.25) is 9.69 Å². The molecule has 0 aromatic heterocycles. The van der Waals surface area contributed by atoms with Gasteiger partial charge in [0.25, 0.3) is 0 Å². The van der Waals surface area contributed by atoms with Crippen LogP contribution in [0.2, 0.25) is 0 Å². The van der Waals surface area contributed by atoms with Crippen molar-refractivity contribution in [2.75, 3.05) is 39.5 Å². The lowest BCUT2D eigenvalue weighted by atomic mass is 9.69. The van der Waals surface area contributed by atoms with E-state index in [0.29, 0.717) is 18.6 Å². The third-order valence-corrected chi connectivity index (χ3v) is 6.47. The number of hydrogen-bond acceptors (Lipinski definition) is 4. The molecule has 0 unspecified atom stereocenters. The number of carbonyl (C=O) groups excluding carboxylic acids is 1. The van der Waals surface area contributed by atoms with Crippen molar-refractivity contribution in [1.29, 1.82) is 0 Å². The van der Waals surface area contributed by atoms with Crippen molar-refractivity contribution < 1.29 is 14.3 Å². The minimum atomic E-state index is 0.168. The lowest BCUT2D eigenvalue weighted by Gasteiger charge is -2.36. The summed E-state index contributed by atoms with van der Waals surface area (Å²) in [5.74, 6) is 1.98. The molecule has 5 heteroatoms. The molecule has 1 aliphatic carbocycles. The lowest BCUT2D eigenvalue weighted by Crippen LogP contribution is -2.38. The van der Waals surface area contributed by atoms with Crippen LogP contribution in [-0.4, -0.2) is 50.3 Å². The number of nitrogens with one attached hydrogen (secondary N) is 1. The fourth-order valence-electron chi connectivity index (χ4n) is 4.42. The Hall–Kier alpha value is -1.59. The molecule has 0 atom stereocenters. The Kier molecular flexibility index (Phi) is 7.96. The van der Waals surface area contributed by atoms with Crippen LogP contribution in [0, 0.1) is 17.3 Å². The van der Waals surface area contributed by atoms with E-state index >= 15 is 0 Å². The van der Waals surface area contributed by atoms with Crippen molar-refractivity contribution >= 4 is 5.91 Å². The van der Waals surface area contributed by atoms with Gasteiger partial charge in [-0.1, -0.05) is 32.9 Å². The first-order chi connectivity index (χ1) is 13.9. The van der Waals surface area contributed by atoms with Crippen molar-refractivity contribution in [2.24, 2.45) is 17.3 Å². The van der Waals surface area contributed by atoms with Crippen LogP contribution in [0.15, 0.2) is 24.3 Å². The Morgan fingerprint density at radius 2 is 1.90 bits per heavy atom. The molecule has 1 amide bonds. The van der Waals surface area contributed by atoms with Gasteiger partial charge in [-0.15, -0.1) is 0 Å². The van der Waals surface area contributed by atoms with E-state index in [1.54, 1.807) is 0 Å². The highest BCUT2D eigenvalue weighted by Crippen LogP contribution is 2.39. The summed E-state index contributed by atoms with van der Waals surface area (Å²) in [6.45, 7) is 12.7. The number of ether oxygens (including phenoxy) is 2. The molecule has 0 bridgehead atoms. The van der Waals surface area contributed by atoms with Gasteiger partial charge in [0.1, 0.15) is 12.4 Å². The molecule has 1 aromatic carbocycles. The fraction of sp³-hybridized carbons (Fsp3) is 0.708. The molecular weight excluding hydrogens is 364 g/mol. The summed E-state index contributed by atoms with van der Waals surface area (Å²) in [5.41, 5.74) is 1.44. The molecular formula is C24H38N2O3. The zero-order valence-corrected chi connectivity index (χ0v) is 18.4. The molecule has 3 rings (SSSR count). The second-order valence-electron chi connectivity index (χ2n) is 9.58. The minimum absolute atomic E-state index is 0.168. The molecule has 0 spiro atoms. The number of morpholine rings is 1. The standard InChI is InChI=1S/C24H38N2O3/c1-24(2,3)21-9-7-20(8-10-21)23(27)25-18-19-5-4-6-22(17-19)29-16-13-26-11-14-28-15-12-26/h4-6,17,20-21H,7-16,18H2,1-3H3,(H,25,27). The van der Waals surface area contributed by atoms with E-state index in [2.05, 4.69) is 31.0 Å². The van der Waals surface area contributed by atoms with E-state index in [-0.39, 0.29) is 11.8 Å². The monoisotopic (exact) mass is 402 g/mol. The van der Waals surface area contributed by atoms with Crippen molar-refractivity contribution in [3.05, 3.63) is 29.8 Å². The van der Waals surface area contributed by atoms with Crippen molar-refractivity contribution in [3.63, 3.8) is 0 Å². The molecule has 1 N–H and O–H groups in total. The maximum Gasteiger partial charge on any atom is 0.223 e. The number of rotatable bonds is 7. The molecule has 1 aromatic rings. The van der Waals surface area contributed by atoms with Crippen LogP contribution in [0.25, 0.3) is 0 Å². The smallest absolute Gasteiger partial charge is 0.223 e. The number of hydrogen-bond donors (Lipinski definition) is 1. The van der Waals surface area contributed by atoms with Crippen molar-refractivity contribution in [2.45, 2.75) is 53.0 Å². The second-order valence-corrected chi connectivity index (χ2v) is 9.58. The Labute approximate surface area is 176 Å². The van der Waals surface area contributed by atoms with E-state index in [1.807, 2.05) is 24.3 Å². The first-order valence-electron chi connectivity index (χ1n) is 11.2. The molecule has 5 nitrogen and oxygen atoms in total. The van der Waals surface area contributed by atoms with Gasteiger partial charge in [-0.05, 0) is 54.7 Å². The molecule has 1 saturated carbocycles. The van der Waals surface area contributed by atoms with Gasteiger partial charge >= 0.3 is 0 Å². The largest absolute Gasteiger partial charge is 0.492 e. The van der Waals surface area contributed by atoms with Gasteiger partial charge in [-0.2, -0.15) is 0 Å². The summed E-state index contributed by atoms with van der Waals surface area (Å²) in [4.78, 5) is 15.0. The fourth-order valence-corrected chi connectivity index (χ4v) is 4.42. The zero-order chi connectivity index (χ0) is 20.7. The summed E-state index contributed by atoms with van der Waals surface area (Å²) in [6, 6.07) is 8.07. The quantitative estimate of drug-likeness (QED) is 0.752. The SMILES string of the molecule is CC(C)(C)C1CCC(C(=O)NCc2cccc(OCCN3CCOCC3)c2)CC1. The van der Waals surface area contributed by atoms with Crippen LogP contribution in [0.5, 0.6) is 5.75 Å². The van der Waals surface area contributed by atoms with Gasteiger partial charge in [0.15, 0.2) is 0 Å². The highest BCUT2D eigenvalue weighted by molar-refractivity contribution is 5.78. The predicted octanol–water partition coefficient (Wildman–Crippen LogP) is 3.87. The van der Waals surface area contributed by atoms with Crippen molar-refractivity contribution in [1.82, 2.24) is 10.2 Å². The Morgan fingerprint density at radius 1 is 1.17 bits per heavy atom. The summed E-state index contributed by atoms with van der Waals surface area (Å²) < 4.78 is 11.3. The van der Waals surface area contributed by atoms with Crippen LogP contribution in [0.3, 0.4) is 0 Å². The van der Waals surface area contributed by atoms with E-state index in [9.17, 15) is 4.79 Å². The van der Waals surface area contributed by atoms with Crippen LogP contribution in [0.4, 0.5) is 0 Å². The number of nitrogens with zero attached hydrogens (tertiary/aromatic N) is 1. The van der Waals surface area contributed by atoms with Gasteiger partial charge in [0, 0.05) is 32.1 Å². The Balaban J connectivity index is 1.39. The molecule has 162 valence electrons. The van der Waals surface area contributed by atoms with E-state index in [0.717, 1.165) is 75.8 Å². The maximum absolute atomic E-state index is 12.6. The van der Waals surface area contributed by atoms with Gasteiger partial charge in [-0.25, -0.2) is 0 Å². The normalized spacial score (nSPS) is 23.6. The zero-order valence-electron chi connectivity index (χ0n) is 18.4. The lowest BCUT2D eigenvalue weighted by molar-refractivity contribution is -0.126. The van der Waals surface area contributed by atoms with Gasteiger partial charge in [0.2, 0.25) is 5.91 Å². The first kappa shape index (κ1) is 22.1. The number of benzene rings is 1. The molecule has 1 heterocycles.